The van der Waals surface area contributed by atoms with Gasteiger partial charge in [0.25, 0.3) is 5.95 Å². The number of anilines is 1. The summed E-state index contributed by atoms with van der Waals surface area (Å²) in [5, 5.41) is 20.5. The predicted octanol–water partition coefficient (Wildman–Crippen LogP) is 1.60. The number of fused-ring (bicyclic) bond motifs is 1. The molecule has 0 unspecified atom stereocenters. The van der Waals surface area contributed by atoms with E-state index in [1.165, 1.54) is 15.5 Å². The van der Waals surface area contributed by atoms with Crippen LogP contribution in [0, 0.1) is 6.57 Å². The Hall–Kier alpha value is -5.58. The maximum atomic E-state index is 7.37. The second-order valence-corrected chi connectivity index (χ2v) is 7.30. The molecular formula is C21H14N14. The van der Waals surface area contributed by atoms with E-state index in [9.17, 15) is 0 Å². The molecule has 2 N–H and O–H groups in total. The van der Waals surface area contributed by atoms with Gasteiger partial charge in [-0.15, -0.1) is 5.10 Å². The van der Waals surface area contributed by atoms with Gasteiger partial charge in [-0.3, -0.25) is 0 Å². The SMILES string of the molecule is [C-]#[N+]c1cccc(-c2nc(N)n3nc(Cn4nnnc4-n4cccn4)nc3c2-c2ccncn2)c1. The highest BCUT2D eigenvalue weighted by molar-refractivity contribution is 5.89. The van der Waals surface area contributed by atoms with Gasteiger partial charge in [-0.1, -0.05) is 23.3 Å². The maximum absolute atomic E-state index is 7.37. The van der Waals surface area contributed by atoms with E-state index < -0.39 is 0 Å². The Kier molecular flexibility index (Phi) is 4.63. The van der Waals surface area contributed by atoms with Crippen molar-refractivity contribution in [1.82, 2.24) is 59.5 Å². The van der Waals surface area contributed by atoms with E-state index in [0.717, 1.165) is 0 Å². The molecule has 0 bridgehead atoms. The molecule has 6 aromatic rings. The van der Waals surface area contributed by atoms with Crippen LogP contribution in [0.1, 0.15) is 5.82 Å². The molecule has 0 radical (unpaired) electrons. The summed E-state index contributed by atoms with van der Waals surface area (Å²) in [6.07, 6.45) is 6.44. The van der Waals surface area contributed by atoms with Crippen LogP contribution >= 0.6 is 0 Å². The third-order valence-corrected chi connectivity index (χ3v) is 5.16. The van der Waals surface area contributed by atoms with Crippen LogP contribution in [0.3, 0.4) is 0 Å². The Bertz CT molecular complexity index is 1690. The van der Waals surface area contributed by atoms with Gasteiger partial charge in [0.1, 0.15) is 12.9 Å². The maximum Gasteiger partial charge on any atom is 0.270 e. The fourth-order valence-corrected chi connectivity index (χ4v) is 3.66. The lowest BCUT2D eigenvalue weighted by Crippen LogP contribution is -2.11. The molecule has 0 atom stereocenters. The highest BCUT2D eigenvalue weighted by Crippen LogP contribution is 2.34. The average Bonchev–Trinajstić information content (AvgIpc) is 3.66. The van der Waals surface area contributed by atoms with E-state index in [-0.39, 0.29) is 12.5 Å². The van der Waals surface area contributed by atoms with Gasteiger partial charge >= 0.3 is 0 Å². The van der Waals surface area contributed by atoms with E-state index >= 15 is 0 Å². The van der Waals surface area contributed by atoms with Gasteiger partial charge in [0.2, 0.25) is 5.95 Å². The first-order valence-corrected chi connectivity index (χ1v) is 10.3. The summed E-state index contributed by atoms with van der Waals surface area (Å²) in [5.74, 6) is 0.943. The molecule has 0 fully saturated rings. The minimum absolute atomic E-state index is 0.129. The molecule has 6 rings (SSSR count). The molecule has 14 nitrogen and oxygen atoms in total. The second kappa shape index (κ2) is 8.08. The summed E-state index contributed by atoms with van der Waals surface area (Å²) in [6, 6.07) is 10.6. The van der Waals surface area contributed by atoms with Crippen molar-refractivity contribution >= 4 is 17.3 Å². The number of nitrogens with two attached hydrogens (primary N) is 1. The van der Waals surface area contributed by atoms with Crippen LogP contribution in [-0.4, -0.2) is 59.5 Å². The van der Waals surface area contributed by atoms with Crippen molar-refractivity contribution in [3.8, 4) is 28.5 Å². The zero-order chi connectivity index (χ0) is 23.8. The van der Waals surface area contributed by atoms with Gasteiger partial charge in [-0.2, -0.15) is 9.61 Å². The van der Waals surface area contributed by atoms with Crippen molar-refractivity contribution in [3.05, 3.63) is 78.6 Å². The quantitative estimate of drug-likeness (QED) is 0.373. The largest absolute Gasteiger partial charge is 0.368 e. The number of hydrogen-bond acceptors (Lipinski definition) is 10. The Morgan fingerprint density at radius 1 is 1.09 bits per heavy atom. The van der Waals surface area contributed by atoms with Crippen LogP contribution in [-0.2, 0) is 6.54 Å². The molecule has 0 aliphatic heterocycles. The van der Waals surface area contributed by atoms with Crippen LogP contribution in [0.5, 0.6) is 0 Å². The minimum atomic E-state index is 0.129. The van der Waals surface area contributed by atoms with Crippen molar-refractivity contribution in [1.29, 1.82) is 0 Å². The summed E-state index contributed by atoms with van der Waals surface area (Å²) in [5.41, 5.74) is 9.64. The first-order valence-electron chi connectivity index (χ1n) is 10.3. The topological polar surface area (TPSA) is 161 Å². The highest BCUT2D eigenvalue weighted by atomic mass is 15.6. The molecule has 0 saturated heterocycles. The molecule has 0 amide bonds. The van der Waals surface area contributed by atoms with Gasteiger partial charge < -0.3 is 5.73 Å². The third-order valence-electron chi connectivity index (χ3n) is 5.16. The lowest BCUT2D eigenvalue weighted by molar-refractivity contribution is 0.598. The van der Waals surface area contributed by atoms with Gasteiger partial charge in [-0.05, 0) is 34.2 Å². The van der Waals surface area contributed by atoms with Crippen molar-refractivity contribution < 1.29 is 0 Å². The van der Waals surface area contributed by atoms with Gasteiger partial charge in [0.15, 0.2) is 17.2 Å². The van der Waals surface area contributed by atoms with Crippen molar-refractivity contribution in [2.24, 2.45) is 0 Å². The van der Waals surface area contributed by atoms with Crippen molar-refractivity contribution in [2.75, 3.05) is 5.73 Å². The second-order valence-electron chi connectivity index (χ2n) is 7.30. The van der Waals surface area contributed by atoms with E-state index in [4.69, 9.17) is 17.3 Å². The first kappa shape index (κ1) is 20.1. The Balaban J connectivity index is 1.54. The molecule has 5 heterocycles. The molecule has 0 saturated carbocycles. The van der Waals surface area contributed by atoms with Gasteiger partial charge in [-0.25, -0.2) is 34.1 Å². The summed E-state index contributed by atoms with van der Waals surface area (Å²) in [6.45, 7) is 7.53. The fraction of sp³-hybridized carbons (Fsp3) is 0.0476. The van der Waals surface area contributed by atoms with Crippen molar-refractivity contribution in [2.45, 2.75) is 6.54 Å². The normalized spacial score (nSPS) is 11.1. The average molecular weight is 462 g/mol. The fourth-order valence-electron chi connectivity index (χ4n) is 3.66. The molecular weight excluding hydrogens is 448 g/mol. The summed E-state index contributed by atoms with van der Waals surface area (Å²) < 4.78 is 4.52. The minimum Gasteiger partial charge on any atom is -0.368 e. The lowest BCUT2D eigenvalue weighted by atomic mass is 10.0. The monoisotopic (exact) mass is 462 g/mol. The first-order chi connectivity index (χ1) is 17.2. The Morgan fingerprint density at radius 2 is 2.03 bits per heavy atom. The number of rotatable bonds is 5. The Labute approximate surface area is 196 Å². The van der Waals surface area contributed by atoms with Crippen LogP contribution in [0.2, 0.25) is 0 Å². The molecule has 14 heteroatoms. The van der Waals surface area contributed by atoms with E-state index in [2.05, 4.69) is 45.5 Å². The van der Waals surface area contributed by atoms with E-state index in [1.54, 1.807) is 53.6 Å². The number of benzene rings is 1. The lowest BCUT2D eigenvalue weighted by Gasteiger charge is -2.11. The van der Waals surface area contributed by atoms with E-state index in [0.29, 0.717) is 45.6 Å². The molecule has 0 spiro atoms. The van der Waals surface area contributed by atoms with Crippen LogP contribution in [0.4, 0.5) is 11.6 Å². The smallest absolute Gasteiger partial charge is 0.270 e. The molecule has 1 aromatic carbocycles. The summed E-state index contributed by atoms with van der Waals surface area (Å²) in [4.78, 5) is 21.3. The number of aromatic nitrogens is 12. The van der Waals surface area contributed by atoms with Crippen LogP contribution < -0.4 is 5.73 Å². The van der Waals surface area contributed by atoms with Gasteiger partial charge in [0.05, 0.1) is 23.5 Å². The van der Waals surface area contributed by atoms with Crippen LogP contribution in [0.15, 0.2) is 61.3 Å². The summed E-state index contributed by atoms with van der Waals surface area (Å²) >= 11 is 0. The standard InChI is InChI=1S/C21H14N14/c1-23-14-5-2-4-13(10-14)18-17(15-6-8-24-12-25-15)19-27-16(30-35(19)20(22)28-18)11-34-21(29-31-32-34)33-9-3-7-26-33/h2-10,12H,11H2,(H2,22,28). The predicted molar refractivity (Wildman–Crippen MR) is 122 cm³/mol. The number of nitrogen functional groups attached to an aromatic ring is 1. The third kappa shape index (κ3) is 3.49. The van der Waals surface area contributed by atoms with Crippen LogP contribution in [0.25, 0.3) is 39.0 Å². The molecule has 5 aromatic heterocycles. The molecule has 35 heavy (non-hydrogen) atoms. The number of hydrogen-bond donors (Lipinski definition) is 1. The zero-order valence-electron chi connectivity index (χ0n) is 17.9. The van der Waals surface area contributed by atoms with E-state index in [1.807, 2.05) is 6.07 Å². The summed E-state index contributed by atoms with van der Waals surface area (Å²) in [7, 11) is 0. The molecule has 0 aliphatic rings. The number of nitrogens with zero attached hydrogens (tertiary/aromatic N) is 13. The zero-order valence-corrected chi connectivity index (χ0v) is 17.9. The molecule has 168 valence electrons. The number of tetrazole rings is 1. The van der Waals surface area contributed by atoms with Gasteiger partial charge in [0, 0.05) is 18.6 Å². The highest BCUT2D eigenvalue weighted by Gasteiger charge is 2.22. The van der Waals surface area contributed by atoms with Crippen molar-refractivity contribution in [3.63, 3.8) is 0 Å². The molecule has 0 aliphatic carbocycles. The Morgan fingerprint density at radius 3 is 2.83 bits per heavy atom.